The van der Waals surface area contributed by atoms with Gasteiger partial charge in [0, 0.05) is 66.9 Å². The van der Waals surface area contributed by atoms with Gasteiger partial charge in [0.15, 0.2) is 0 Å². The molecule has 3 aromatic carbocycles. The number of hydrogen-bond donors (Lipinski definition) is 3. The lowest BCUT2D eigenvalue weighted by Gasteiger charge is -2.39. The number of likely N-dealkylation sites (tertiary alicyclic amines) is 1. The number of para-hydroxylation sites is 1. The quantitative estimate of drug-likeness (QED) is 0.121. The molecule has 7 aromatic rings. The molecule has 3 N–H and O–H groups in total. The highest BCUT2D eigenvalue weighted by molar-refractivity contribution is 7.13. The zero-order chi connectivity index (χ0) is 42.4. The summed E-state index contributed by atoms with van der Waals surface area (Å²) in [5.74, 6) is -0.153. The third kappa shape index (κ3) is 7.93. The van der Waals surface area contributed by atoms with Gasteiger partial charge in [-0.1, -0.05) is 61.5 Å². The van der Waals surface area contributed by atoms with E-state index < -0.39 is 18.1 Å². The van der Waals surface area contributed by atoms with Gasteiger partial charge in [0.1, 0.15) is 29.2 Å². The number of aliphatic hydroxyl groups is 1. The van der Waals surface area contributed by atoms with E-state index in [1.54, 1.807) is 41.9 Å². The van der Waals surface area contributed by atoms with E-state index in [1.807, 2.05) is 81.7 Å². The molecule has 0 aliphatic carbocycles. The van der Waals surface area contributed by atoms with Crippen molar-refractivity contribution in [3.8, 4) is 38.7 Å². The predicted octanol–water partition coefficient (Wildman–Crippen LogP) is 7.06. The molecule has 0 radical (unpaired) electrons. The Morgan fingerprint density at radius 3 is 2.38 bits per heavy atom. The largest absolute Gasteiger partial charge is 0.507 e. The molecule has 9 rings (SSSR count). The number of amides is 2. The first-order valence-corrected chi connectivity index (χ1v) is 21.3. The molecule has 0 spiro atoms. The summed E-state index contributed by atoms with van der Waals surface area (Å²) in [6, 6.07) is 23.8. The number of carbonyl (C=O) groups excluding carboxylic acids is 2. The van der Waals surface area contributed by atoms with Crippen LogP contribution in [0.25, 0.3) is 43.9 Å². The summed E-state index contributed by atoms with van der Waals surface area (Å²) in [6.07, 6.45) is 2.70. The van der Waals surface area contributed by atoms with Crippen LogP contribution in [0.5, 0.6) is 5.75 Å². The van der Waals surface area contributed by atoms with E-state index >= 15 is 0 Å². The van der Waals surface area contributed by atoms with E-state index in [4.69, 9.17) is 4.52 Å². The lowest BCUT2D eigenvalue weighted by atomic mass is 9.90. The molecule has 0 unspecified atom stereocenters. The van der Waals surface area contributed by atoms with Crippen LogP contribution in [0.4, 0.5) is 5.95 Å². The Morgan fingerprint density at radius 1 is 0.885 bits per heavy atom. The second-order valence-electron chi connectivity index (χ2n) is 16.3. The van der Waals surface area contributed by atoms with Crippen LogP contribution in [0.15, 0.2) is 101 Å². The number of nitrogens with one attached hydrogen (secondary N) is 1. The summed E-state index contributed by atoms with van der Waals surface area (Å²) in [5.41, 5.74) is 9.13. The number of benzene rings is 3. The van der Waals surface area contributed by atoms with Gasteiger partial charge in [-0.15, -0.1) is 21.5 Å². The van der Waals surface area contributed by atoms with Gasteiger partial charge in [0.2, 0.25) is 17.8 Å². The molecule has 4 aromatic heterocycles. The van der Waals surface area contributed by atoms with Crippen LogP contribution >= 0.6 is 11.3 Å². The van der Waals surface area contributed by atoms with Gasteiger partial charge in [-0.25, -0.2) is 15.0 Å². The number of rotatable bonds is 11. The summed E-state index contributed by atoms with van der Waals surface area (Å²) in [7, 11) is 0. The van der Waals surface area contributed by atoms with Crippen molar-refractivity contribution in [2.45, 2.75) is 64.1 Å². The number of aromatic hydroxyl groups is 1. The van der Waals surface area contributed by atoms with Crippen LogP contribution in [0.1, 0.15) is 67.7 Å². The van der Waals surface area contributed by atoms with Gasteiger partial charge < -0.3 is 29.9 Å². The number of nitrogens with zero attached hydrogens (tertiary/aromatic N) is 8. The van der Waals surface area contributed by atoms with Crippen LogP contribution in [-0.4, -0.2) is 89.0 Å². The van der Waals surface area contributed by atoms with Crippen molar-refractivity contribution in [2.75, 3.05) is 24.5 Å². The summed E-state index contributed by atoms with van der Waals surface area (Å²) in [4.78, 5) is 46.3. The number of phenols is 1. The highest BCUT2D eigenvalue weighted by Crippen LogP contribution is 2.36. The van der Waals surface area contributed by atoms with Crippen LogP contribution in [0.3, 0.4) is 0 Å². The Hall–Kier alpha value is -6.58. The lowest BCUT2D eigenvalue weighted by molar-refractivity contribution is -0.141. The molecule has 2 amide bonds. The normalized spacial score (nSPS) is 17.7. The molecule has 2 aliphatic heterocycles. The zero-order valence-corrected chi connectivity index (χ0v) is 35.0. The van der Waals surface area contributed by atoms with Crippen LogP contribution in [0, 0.1) is 12.8 Å². The summed E-state index contributed by atoms with van der Waals surface area (Å²) in [5, 5.41) is 38.0. The molecule has 4 atom stereocenters. The zero-order valence-electron chi connectivity index (χ0n) is 34.1. The van der Waals surface area contributed by atoms with E-state index in [0.717, 1.165) is 45.7 Å². The minimum atomic E-state index is -0.840. The van der Waals surface area contributed by atoms with Crippen molar-refractivity contribution in [3.05, 3.63) is 119 Å². The van der Waals surface area contributed by atoms with Crippen LogP contribution < -0.4 is 10.2 Å². The van der Waals surface area contributed by atoms with Crippen molar-refractivity contribution >= 4 is 40.0 Å². The molecule has 15 heteroatoms. The number of fused-ring (bicyclic) bond motifs is 1. The first-order valence-electron chi connectivity index (χ1n) is 20.4. The number of carbonyl (C=O) groups is 2. The molecule has 310 valence electrons. The van der Waals surface area contributed by atoms with Crippen molar-refractivity contribution in [1.29, 1.82) is 0 Å². The predicted molar refractivity (Wildman–Crippen MR) is 232 cm³/mol. The van der Waals surface area contributed by atoms with Crippen LogP contribution in [-0.2, 0) is 9.59 Å². The molecule has 61 heavy (non-hydrogen) atoms. The molecule has 2 saturated heterocycles. The van der Waals surface area contributed by atoms with E-state index in [0.29, 0.717) is 34.2 Å². The minimum absolute atomic E-state index is 0.0429. The summed E-state index contributed by atoms with van der Waals surface area (Å²) in [6.45, 7) is 9.26. The fourth-order valence-electron chi connectivity index (χ4n) is 8.30. The first-order chi connectivity index (χ1) is 29.5. The average Bonchev–Trinajstić information content (AvgIpc) is 4.01. The van der Waals surface area contributed by atoms with E-state index in [-0.39, 0.29) is 48.4 Å². The van der Waals surface area contributed by atoms with Crippen molar-refractivity contribution in [1.82, 2.24) is 40.5 Å². The third-order valence-corrected chi connectivity index (χ3v) is 12.7. The number of hydrogen-bond acceptors (Lipinski definition) is 13. The van der Waals surface area contributed by atoms with E-state index in [2.05, 4.69) is 52.7 Å². The SMILES string of the molecule is Cc1ncsc1-c1ccc([C@H](C)NC(=O)[C@@H]2C[C@@H](O)CN2C(=O)[C@@H](c2cc(-c3cnc(N4CC(c5ccc6nnc(-c7ccccc7O)cc6c5)C4)nc3)no2)C(C)C)cc1. The van der Waals surface area contributed by atoms with Gasteiger partial charge in [0.25, 0.3) is 0 Å². The Kier molecular flexibility index (Phi) is 10.8. The molecule has 2 aliphatic rings. The number of aryl methyl sites for hydroxylation is 1. The summed E-state index contributed by atoms with van der Waals surface area (Å²) >= 11 is 1.59. The van der Waals surface area contributed by atoms with Gasteiger partial charge in [-0.3, -0.25) is 9.59 Å². The molecule has 0 bridgehead atoms. The molecular formula is C46H45N9O5S. The fourth-order valence-corrected chi connectivity index (χ4v) is 9.11. The van der Waals surface area contributed by atoms with Crippen molar-refractivity contribution in [2.24, 2.45) is 5.92 Å². The standard InChI is InChI=1S/C46H45N9O5S/c1-25(2)42(45(59)55-23-34(56)17-39(55)44(58)50-26(3)28-9-11-29(12-10-28)43-27(4)49-24-61-43)41-18-37(53-60-41)32-19-47-46(48-20-32)54-21-33(22-54)30-13-14-36-31(15-30)16-38(52-51-36)35-7-5-6-8-40(35)57/h5-16,18-20,24-26,33-34,39,42,56-57H,17,21-23H2,1-4H3,(H,50,58)/t26-,34+,39-,42+/m0/s1. The van der Waals surface area contributed by atoms with Gasteiger partial charge in [-0.05, 0) is 66.8 Å². The molecule has 0 saturated carbocycles. The van der Waals surface area contributed by atoms with Gasteiger partial charge in [-0.2, -0.15) is 0 Å². The second-order valence-corrected chi connectivity index (χ2v) is 17.1. The summed E-state index contributed by atoms with van der Waals surface area (Å²) < 4.78 is 5.80. The van der Waals surface area contributed by atoms with Gasteiger partial charge >= 0.3 is 0 Å². The topological polar surface area (TPSA) is 184 Å². The Morgan fingerprint density at radius 2 is 1.66 bits per heavy atom. The van der Waals surface area contributed by atoms with E-state index in [1.165, 1.54) is 10.5 Å². The Labute approximate surface area is 356 Å². The maximum Gasteiger partial charge on any atom is 0.243 e. The number of thiazole rings is 1. The Balaban J connectivity index is 0.836. The first kappa shape index (κ1) is 39.9. The average molecular weight is 836 g/mol. The smallest absolute Gasteiger partial charge is 0.243 e. The highest BCUT2D eigenvalue weighted by Gasteiger charge is 2.43. The van der Waals surface area contributed by atoms with E-state index in [9.17, 15) is 19.8 Å². The number of anilines is 1. The monoisotopic (exact) mass is 835 g/mol. The maximum atomic E-state index is 14.3. The number of aliphatic hydroxyl groups excluding tert-OH is 1. The number of β-amino-alcohol motifs (C(OH)–C–C–N with tert-alkyl or cyclic N) is 1. The molecule has 6 heterocycles. The minimum Gasteiger partial charge on any atom is -0.507 e. The maximum absolute atomic E-state index is 14.3. The lowest BCUT2D eigenvalue weighted by Crippen LogP contribution is -2.48. The Bertz CT molecular complexity index is 2710. The van der Waals surface area contributed by atoms with Crippen molar-refractivity contribution in [3.63, 3.8) is 0 Å². The molecule has 2 fully saturated rings. The fraction of sp³-hybridized carbons (Fsp3) is 0.304. The van der Waals surface area contributed by atoms with Gasteiger partial charge in [0.05, 0.1) is 39.4 Å². The third-order valence-electron chi connectivity index (χ3n) is 11.8. The molecular weight excluding hydrogens is 791 g/mol. The number of aromatic nitrogens is 6. The highest BCUT2D eigenvalue weighted by atomic mass is 32.1. The number of phenolic OH excluding ortho intramolecular Hbond substituents is 1. The second kappa shape index (κ2) is 16.5. The molecule has 14 nitrogen and oxygen atoms in total. The van der Waals surface area contributed by atoms with Crippen molar-refractivity contribution < 1.29 is 24.3 Å². The van der Waals surface area contributed by atoms with Crippen LogP contribution in [0.2, 0.25) is 0 Å².